The van der Waals surface area contributed by atoms with Crippen LogP contribution in [0.4, 0.5) is 5.69 Å². The maximum absolute atomic E-state index is 13.3. The van der Waals surface area contributed by atoms with E-state index >= 15 is 0 Å². The summed E-state index contributed by atoms with van der Waals surface area (Å²) in [5.41, 5.74) is 1.85. The quantitative estimate of drug-likeness (QED) is 0.495. The number of hydrogen-bond donors (Lipinski definition) is 0. The van der Waals surface area contributed by atoms with Crippen molar-refractivity contribution in [2.24, 2.45) is 4.99 Å². The molecule has 164 valence electrons. The van der Waals surface area contributed by atoms with E-state index in [-0.39, 0.29) is 5.91 Å². The minimum Gasteiger partial charge on any atom is -0.497 e. The summed E-state index contributed by atoms with van der Waals surface area (Å²) in [6.07, 6.45) is 2.42. The molecule has 0 aliphatic carbocycles. The molecule has 0 spiro atoms. The molecule has 0 saturated heterocycles. The Balaban J connectivity index is 1.65. The molecule has 0 N–H and O–H groups in total. The molecule has 4 rings (SSSR count). The molecule has 3 aromatic rings. The maximum atomic E-state index is 13.3. The van der Waals surface area contributed by atoms with Crippen molar-refractivity contribution in [1.82, 2.24) is 10.2 Å². The number of rotatable bonds is 7. The summed E-state index contributed by atoms with van der Waals surface area (Å²) in [4.78, 5) is 19.5. The van der Waals surface area contributed by atoms with Crippen LogP contribution in [0.15, 0.2) is 63.6 Å². The lowest BCUT2D eigenvalue weighted by atomic mass is 10.2. The molecule has 0 saturated carbocycles. The lowest BCUT2D eigenvalue weighted by Gasteiger charge is -2.18. The van der Waals surface area contributed by atoms with Gasteiger partial charge in [0.2, 0.25) is 11.8 Å². The van der Waals surface area contributed by atoms with Gasteiger partial charge in [-0.3, -0.25) is 9.69 Å². The monoisotopic (exact) mass is 450 g/mol. The highest BCUT2D eigenvalue weighted by atomic mass is 32.2. The van der Waals surface area contributed by atoms with Crippen LogP contribution < -0.4 is 14.4 Å². The van der Waals surface area contributed by atoms with Crippen LogP contribution in [0.2, 0.25) is 0 Å². The van der Waals surface area contributed by atoms with E-state index < -0.39 is 0 Å². The number of anilines is 1. The second-order valence-electron chi connectivity index (χ2n) is 6.77. The number of hydrogen-bond acceptors (Lipinski definition) is 8. The van der Waals surface area contributed by atoms with Crippen LogP contribution in [0.25, 0.3) is 6.08 Å². The fourth-order valence-electron chi connectivity index (χ4n) is 3.04. The van der Waals surface area contributed by atoms with E-state index in [1.54, 1.807) is 31.3 Å². The van der Waals surface area contributed by atoms with Crippen molar-refractivity contribution in [3.05, 3.63) is 71.6 Å². The molecular weight excluding hydrogens is 428 g/mol. The van der Waals surface area contributed by atoms with Gasteiger partial charge in [0.15, 0.2) is 5.17 Å². The van der Waals surface area contributed by atoms with Crippen molar-refractivity contribution in [3.63, 3.8) is 0 Å². The average Bonchev–Trinajstić information content (AvgIpc) is 3.42. The van der Waals surface area contributed by atoms with Crippen LogP contribution in [0.1, 0.15) is 24.3 Å². The number of aromatic nitrogens is 2. The molecule has 0 bridgehead atoms. The van der Waals surface area contributed by atoms with Crippen LogP contribution in [0, 0.1) is 0 Å². The lowest BCUT2D eigenvalue weighted by Crippen LogP contribution is -2.30. The Morgan fingerprint density at radius 3 is 2.47 bits per heavy atom. The summed E-state index contributed by atoms with van der Waals surface area (Å²) < 4.78 is 16.1. The van der Waals surface area contributed by atoms with Crippen LogP contribution in [0.3, 0.4) is 0 Å². The van der Waals surface area contributed by atoms with Gasteiger partial charge in [-0.25, -0.2) is 4.99 Å². The van der Waals surface area contributed by atoms with E-state index in [0.29, 0.717) is 46.3 Å². The number of thioether (sulfide) groups is 1. The number of amides is 1. The molecule has 1 amide bonds. The largest absolute Gasteiger partial charge is 0.497 e. The van der Waals surface area contributed by atoms with E-state index in [1.807, 2.05) is 49.4 Å². The topological polar surface area (TPSA) is 90.0 Å². The number of benzene rings is 2. The van der Waals surface area contributed by atoms with Gasteiger partial charge < -0.3 is 13.9 Å². The molecule has 8 nitrogen and oxygen atoms in total. The number of aliphatic imine (C=N–C) groups is 1. The van der Waals surface area contributed by atoms with Gasteiger partial charge in [-0.15, -0.1) is 10.2 Å². The SMILES string of the molecule is CCc1nnc(CSC2=N/C(=C\c3ccc(OC)cc3)C(=O)N2c2cccc(OC)c2)o1. The summed E-state index contributed by atoms with van der Waals surface area (Å²) in [5, 5.41) is 8.57. The van der Waals surface area contributed by atoms with E-state index in [0.717, 1.165) is 11.3 Å². The summed E-state index contributed by atoms with van der Waals surface area (Å²) in [6.45, 7) is 1.95. The molecule has 0 fully saturated rings. The Bertz CT molecular complexity index is 1170. The summed E-state index contributed by atoms with van der Waals surface area (Å²) in [5.74, 6) is 2.63. The van der Waals surface area contributed by atoms with Crippen LogP contribution in [-0.2, 0) is 17.0 Å². The van der Waals surface area contributed by atoms with Crippen LogP contribution in [-0.4, -0.2) is 35.5 Å². The predicted octanol–water partition coefficient (Wildman–Crippen LogP) is 4.33. The number of ether oxygens (including phenoxy) is 2. The van der Waals surface area contributed by atoms with E-state index in [9.17, 15) is 4.79 Å². The molecule has 2 aromatic carbocycles. The predicted molar refractivity (Wildman–Crippen MR) is 124 cm³/mol. The third-order valence-electron chi connectivity index (χ3n) is 4.70. The molecule has 1 aliphatic rings. The zero-order chi connectivity index (χ0) is 22.5. The molecule has 9 heteroatoms. The number of aryl methyl sites for hydroxylation is 1. The first-order valence-corrected chi connectivity index (χ1v) is 11.0. The number of carbonyl (C=O) groups is 1. The van der Waals surface area contributed by atoms with E-state index in [2.05, 4.69) is 15.2 Å². The van der Waals surface area contributed by atoms with Crippen molar-refractivity contribution < 1.29 is 18.7 Å². The third-order valence-corrected chi connectivity index (χ3v) is 5.62. The van der Waals surface area contributed by atoms with Gasteiger partial charge in [-0.2, -0.15) is 0 Å². The highest BCUT2D eigenvalue weighted by Gasteiger charge is 2.32. The Morgan fingerprint density at radius 2 is 1.78 bits per heavy atom. The fourth-order valence-corrected chi connectivity index (χ4v) is 3.89. The number of amidine groups is 1. The summed E-state index contributed by atoms with van der Waals surface area (Å²) >= 11 is 1.36. The maximum Gasteiger partial charge on any atom is 0.283 e. The Kier molecular flexibility index (Phi) is 6.55. The van der Waals surface area contributed by atoms with Gasteiger partial charge in [-0.1, -0.05) is 36.9 Å². The van der Waals surface area contributed by atoms with Crippen LogP contribution in [0.5, 0.6) is 11.5 Å². The van der Waals surface area contributed by atoms with Crippen molar-refractivity contribution in [1.29, 1.82) is 0 Å². The van der Waals surface area contributed by atoms with Crippen molar-refractivity contribution in [3.8, 4) is 11.5 Å². The normalized spacial score (nSPS) is 14.7. The van der Waals surface area contributed by atoms with Crippen molar-refractivity contribution in [2.75, 3.05) is 19.1 Å². The molecular formula is C23H22N4O4S. The first-order chi connectivity index (χ1) is 15.6. The second kappa shape index (κ2) is 9.69. The Labute approximate surface area is 190 Å². The van der Waals surface area contributed by atoms with Gasteiger partial charge in [0.1, 0.15) is 17.2 Å². The Hall–Kier alpha value is -3.59. The minimum absolute atomic E-state index is 0.226. The first-order valence-electron chi connectivity index (χ1n) is 9.98. The van der Waals surface area contributed by atoms with Crippen molar-refractivity contribution in [2.45, 2.75) is 19.1 Å². The molecule has 1 aliphatic heterocycles. The second-order valence-corrected chi connectivity index (χ2v) is 7.71. The van der Waals surface area contributed by atoms with Gasteiger partial charge in [0.05, 0.1) is 25.7 Å². The number of carbonyl (C=O) groups excluding carboxylic acids is 1. The molecule has 1 aromatic heterocycles. The van der Waals surface area contributed by atoms with Gasteiger partial charge in [0.25, 0.3) is 5.91 Å². The van der Waals surface area contributed by atoms with Gasteiger partial charge in [0, 0.05) is 12.5 Å². The van der Waals surface area contributed by atoms with E-state index in [1.165, 1.54) is 11.8 Å². The minimum atomic E-state index is -0.226. The van der Waals surface area contributed by atoms with Gasteiger partial charge >= 0.3 is 0 Å². The summed E-state index contributed by atoms with van der Waals surface area (Å²) in [6, 6.07) is 14.7. The lowest BCUT2D eigenvalue weighted by molar-refractivity contribution is -0.113. The van der Waals surface area contributed by atoms with Crippen LogP contribution >= 0.6 is 11.8 Å². The van der Waals surface area contributed by atoms with Gasteiger partial charge in [-0.05, 0) is 35.9 Å². The standard InChI is InChI=1S/C23H22N4O4S/c1-4-20-25-26-21(31-20)14-32-23-24-19(12-15-8-10-17(29-2)11-9-15)22(28)27(23)16-6-5-7-18(13-16)30-3/h5-13H,4,14H2,1-3H3/b19-12-. The highest BCUT2D eigenvalue weighted by molar-refractivity contribution is 8.13. The number of nitrogens with zero attached hydrogens (tertiary/aromatic N) is 4. The average molecular weight is 451 g/mol. The first kappa shape index (κ1) is 21.6. The Morgan fingerprint density at radius 1 is 1.03 bits per heavy atom. The third kappa shape index (κ3) is 4.67. The smallest absolute Gasteiger partial charge is 0.283 e. The molecule has 32 heavy (non-hydrogen) atoms. The zero-order valence-corrected chi connectivity index (χ0v) is 18.8. The number of methoxy groups -OCH3 is 2. The van der Waals surface area contributed by atoms with Crippen molar-refractivity contribution >= 4 is 34.6 Å². The highest BCUT2D eigenvalue weighted by Crippen LogP contribution is 2.32. The molecule has 0 unspecified atom stereocenters. The summed E-state index contributed by atoms with van der Waals surface area (Å²) in [7, 11) is 3.20. The van der Waals surface area contributed by atoms with E-state index in [4.69, 9.17) is 13.9 Å². The molecule has 2 heterocycles. The molecule has 0 radical (unpaired) electrons. The fraction of sp³-hybridized carbons (Fsp3) is 0.217. The molecule has 0 atom stereocenters. The zero-order valence-electron chi connectivity index (χ0n) is 17.9.